The lowest BCUT2D eigenvalue weighted by Crippen LogP contribution is -2.19. The third-order valence-corrected chi connectivity index (χ3v) is 1.26. The van der Waals surface area contributed by atoms with Crippen molar-refractivity contribution in [3.05, 3.63) is 24.3 Å². The molecule has 0 fully saturated rings. The predicted molar refractivity (Wildman–Crippen MR) is 45.5 cm³/mol. The molecule has 0 heterocycles. The minimum absolute atomic E-state index is 0.130. The van der Waals surface area contributed by atoms with Gasteiger partial charge in [0, 0.05) is 11.8 Å². The molecule has 0 spiro atoms. The van der Waals surface area contributed by atoms with Crippen molar-refractivity contribution >= 4 is 11.7 Å². The third-order valence-electron chi connectivity index (χ3n) is 1.26. The Kier molecular flexibility index (Phi) is 2.66. The molecule has 0 aliphatic carbocycles. The Morgan fingerprint density at radius 3 is 2.83 bits per heavy atom. The molecule has 0 aliphatic rings. The smallest absolute Gasteiger partial charge is 0.325 e. The summed E-state index contributed by atoms with van der Waals surface area (Å²) in [4.78, 5) is 10.7. The highest BCUT2D eigenvalue weighted by Crippen LogP contribution is 2.13. The predicted octanol–water partition coefficient (Wildman–Crippen LogP) is 0.133. The summed E-state index contributed by atoms with van der Waals surface area (Å²) in [5.74, 6) is -0.0500. The zero-order valence-electron chi connectivity index (χ0n) is 6.49. The lowest BCUT2D eigenvalue weighted by Gasteiger charge is -2.01. The molecule has 1 aromatic carbocycles. The van der Waals surface area contributed by atoms with Gasteiger partial charge in [-0.25, -0.2) is 0 Å². The number of ether oxygens (including phenoxy) is 1. The van der Waals surface area contributed by atoms with E-state index in [9.17, 15) is 4.79 Å². The summed E-state index contributed by atoms with van der Waals surface area (Å²) in [6.07, 6.45) is 0. The van der Waals surface area contributed by atoms with Crippen LogP contribution in [0.3, 0.4) is 0 Å². The molecular formula is C8H10N2O2. The van der Waals surface area contributed by atoms with Crippen LogP contribution in [0.4, 0.5) is 5.69 Å². The van der Waals surface area contributed by atoms with Crippen LogP contribution in [0.1, 0.15) is 0 Å². The van der Waals surface area contributed by atoms with E-state index in [2.05, 4.69) is 0 Å². The summed E-state index contributed by atoms with van der Waals surface area (Å²) in [5, 5.41) is 0. The quantitative estimate of drug-likeness (QED) is 0.372. The summed E-state index contributed by atoms with van der Waals surface area (Å²) in [5.41, 5.74) is 11.1. The van der Waals surface area contributed by atoms with Gasteiger partial charge in [-0.05, 0) is 12.1 Å². The van der Waals surface area contributed by atoms with Gasteiger partial charge in [-0.15, -0.1) is 0 Å². The Morgan fingerprint density at radius 1 is 1.50 bits per heavy atom. The fourth-order valence-corrected chi connectivity index (χ4v) is 0.751. The Balaban J connectivity index is 2.69. The van der Waals surface area contributed by atoms with Gasteiger partial charge in [-0.3, -0.25) is 4.79 Å². The molecule has 1 aromatic rings. The van der Waals surface area contributed by atoms with Gasteiger partial charge in [0.1, 0.15) is 5.75 Å². The molecular weight excluding hydrogens is 156 g/mol. The van der Waals surface area contributed by atoms with Crippen LogP contribution in [0.5, 0.6) is 5.75 Å². The average molecular weight is 166 g/mol. The summed E-state index contributed by atoms with van der Waals surface area (Å²) in [7, 11) is 0. The summed E-state index contributed by atoms with van der Waals surface area (Å²) in [6.45, 7) is -0.130. The van der Waals surface area contributed by atoms with Crippen molar-refractivity contribution in [2.24, 2.45) is 5.73 Å². The van der Waals surface area contributed by atoms with Crippen molar-refractivity contribution in [2.45, 2.75) is 0 Å². The van der Waals surface area contributed by atoms with Crippen molar-refractivity contribution in [1.29, 1.82) is 0 Å². The molecule has 0 amide bonds. The van der Waals surface area contributed by atoms with Gasteiger partial charge in [-0.2, -0.15) is 0 Å². The zero-order valence-corrected chi connectivity index (χ0v) is 6.49. The van der Waals surface area contributed by atoms with E-state index in [1.165, 1.54) is 0 Å². The second kappa shape index (κ2) is 3.73. The van der Waals surface area contributed by atoms with E-state index in [4.69, 9.17) is 16.2 Å². The van der Waals surface area contributed by atoms with Crippen molar-refractivity contribution in [3.8, 4) is 5.75 Å². The molecule has 0 saturated heterocycles. The van der Waals surface area contributed by atoms with Crippen LogP contribution in [0, 0.1) is 0 Å². The van der Waals surface area contributed by atoms with Gasteiger partial charge in [0.25, 0.3) is 0 Å². The fourth-order valence-electron chi connectivity index (χ4n) is 0.751. The van der Waals surface area contributed by atoms with Gasteiger partial charge in [0.15, 0.2) is 0 Å². The lowest BCUT2D eigenvalue weighted by molar-refractivity contribution is -0.132. The Hall–Kier alpha value is -1.55. The summed E-state index contributed by atoms with van der Waals surface area (Å²) < 4.78 is 4.80. The molecule has 0 atom stereocenters. The van der Waals surface area contributed by atoms with E-state index in [-0.39, 0.29) is 6.54 Å². The van der Waals surface area contributed by atoms with E-state index < -0.39 is 5.97 Å². The molecule has 0 aromatic heterocycles. The van der Waals surface area contributed by atoms with Gasteiger partial charge < -0.3 is 16.2 Å². The number of carbonyl (C=O) groups is 1. The largest absolute Gasteiger partial charge is 0.426 e. The van der Waals surface area contributed by atoms with E-state index in [0.717, 1.165) is 0 Å². The highest BCUT2D eigenvalue weighted by molar-refractivity contribution is 5.74. The zero-order chi connectivity index (χ0) is 8.97. The van der Waals surface area contributed by atoms with Crippen LogP contribution in [0.15, 0.2) is 24.3 Å². The molecule has 1 rings (SSSR count). The summed E-state index contributed by atoms with van der Waals surface area (Å²) >= 11 is 0. The van der Waals surface area contributed by atoms with E-state index in [0.29, 0.717) is 11.4 Å². The lowest BCUT2D eigenvalue weighted by atomic mass is 10.3. The molecule has 0 aliphatic heterocycles. The fraction of sp³-hybridized carbons (Fsp3) is 0.125. The molecule has 0 bridgehead atoms. The van der Waals surface area contributed by atoms with Gasteiger partial charge in [0.2, 0.25) is 0 Å². The number of rotatable bonds is 2. The standard InChI is InChI=1S/C8H10N2O2/c9-5-8(11)12-7-3-1-2-6(10)4-7/h1-4H,5,9-10H2. The highest BCUT2D eigenvalue weighted by Gasteiger charge is 2.00. The number of hydrogen-bond acceptors (Lipinski definition) is 4. The van der Waals surface area contributed by atoms with Crippen molar-refractivity contribution < 1.29 is 9.53 Å². The van der Waals surface area contributed by atoms with Crippen molar-refractivity contribution in [1.82, 2.24) is 0 Å². The second-order valence-electron chi connectivity index (χ2n) is 2.25. The normalized spacial score (nSPS) is 9.42. The van der Waals surface area contributed by atoms with Crippen LogP contribution in [0.2, 0.25) is 0 Å². The first-order chi connectivity index (χ1) is 5.72. The van der Waals surface area contributed by atoms with Gasteiger partial charge >= 0.3 is 5.97 Å². The minimum Gasteiger partial charge on any atom is -0.426 e. The SMILES string of the molecule is NCC(=O)Oc1cccc(N)c1. The average Bonchev–Trinajstić information content (AvgIpc) is 2.04. The molecule has 4 heteroatoms. The number of hydrogen-bond donors (Lipinski definition) is 2. The van der Waals surface area contributed by atoms with Crippen molar-refractivity contribution in [3.63, 3.8) is 0 Å². The Bertz CT molecular complexity index is 286. The number of benzene rings is 1. The summed E-state index contributed by atoms with van der Waals surface area (Å²) in [6, 6.07) is 6.62. The maximum atomic E-state index is 10.7. The number of nitrogen functional groups attached to an aromatic ring is 1. The molecule has 12 heavy (non-hydrogen) atoms. The monoisotopic (exact) mass is 166 g/mol. The first-order valence-electron chi connectivity index (χ1n) is 3.48. The topological polar surface area (TPSA) is 78.3 Å². The molecule has 4 nitrogen and oxygen atoms in total. The number of carbonyl (C=O) groups excluding carboxylic acids is 1. The molecule has 4 N–H and O–H groups in total. The van der Waals surface area contributed by atoms with Crippen LogP contribution in [-0.4, -0.2) is 12.5 Å². The van der Waals surface area contributed by atoms with Crippen LogP contribution < -0.4 is 16.2 Å². The second-order valence-corrected chi connectivity index (χ2v) is 2.25. The van der Waals surface area contributed by atoms with E-state index in [1.54, 1.807) is 24.3 Å². The molecule has 64 valence electrons. The minimum atomic E-state index is -0.472. The first kappa shape index (κ1) is 8.55. The van der Waals surface area contributed by atoms with Crippen LogP contribution >= 0.6 is 0 Å². The molecule has 0 radical (unpaired) electrons. The number of esters is 1. The number of anilines is 1. The van der Waals surface area contributed by atoms with Crippen LogP contribution in [0.25, 0.3) is 0 Å². The number of nitrogens with two attached hydrogens (primary N) is 2. The molecule has 0 saturated carbocycles. The maximum absolute atomic E-state index is 10.7. The van der Waals surface area contributed by atoms with E-state index >= 15 is 0 Å². The van der Waals surface area contributed by atoms with Crippen LogP contribution in [-0.2, 0) is 4.79 Å². The Morgan fingerprint density at radius 2 is 2.25 bits per heavy atom. The third kappa shape index (κ3) is 2.25. The first-order valence-corrected chi connectivity index (χ1v) is 3.48. The van der Waals surface area contributed by atoms with Gasteiger partial charge in [-0.1, -0.05) is 6.07 Å². The van der Waals surface area contributed by atoms with Crippen molar-refractivity contribution in [2.75, 3.05) is 12.3 Å². The maximum Gasteiger partial charge on any atom is 0.325 e. The van der Waals surface area contributed by atoms with E-state index in [1.807, 2.05) is 0 Å². The highest BCUT2D eigenvalue weighted by atomic mass is 16.5. The Labute approximate surface area is 70.1 Å². The van der Waals surface area contributed by atoms with Gasteiger partial charge in [0.05, 0.1) is 6.54 Å². The molecule has 0 unspecified atom stereocenters.